The molecule has 0 spiro atoms. The summed E-state index contributed by atoms with van der Waals surface area (Å²) < 4.78 is 18.0. The average molecular weight is 351 g/mol. The zero-order valence-electron chi connectivity index (χ0n) is 14.0. The lowest BCUT2D eigenvalue weighted by Crippen LogP contribution is -2.48. The van der Waals surface area contributed by atoms with Crippen molar-refractivity contribution in [3.05, 3.63) is 29.6 Å². The third-order valence-corrected chi connectivity index (χ3v) is 4.06. The van der Waals surface area contributed by atoms with Gasteiger partial charge in [0.1, 0.15) is 5.82 Å². The largest absolute Gasteiger partial charge is 0.449 e. The standard InChI is InChI=1S/C17H22FN3O4/c1-10(25-16(23)13-8-7-11(18)9-14(13)19)15(22)21-17(24)20-12-5-3-2-4-6-12/h7-10,12H,2-6,19H2,1H3,(H2,20,21,22,24). The van der Waals surface area contributed by atoms with Crippen LogP contribution < -0.4 is 16.4 Å². The number of amides is 3. The van der Waals surface area contributed by atoms with Gasteiger partial charge >= 0.3 is 12.0 Å². The number of nitrogens with one attached hydrogen (secondary N) is 2. The van der Waals surface area contributed by atoms with Gasteiger partial charge in [-0.05, 0) is 38.0 Å². The minimum atomic E-state index is -1.20. The molecule has 0 heterocycles. The third kappa shape index (κ3) is 5.44. The predicted octanol–water partition coefficient (Wildman–Crippen LogP) is 2.11. The Hall–Kier alpha value is -2.64. The first-order valence-corrected chi connectivity index (χ1v) is 8.24. The molecule has 2 rings (SSSR count). The maximum Gasteiger partial charge on any atom is 0.341 e. The number of hydrogen-bond donors (Lipinski definition) is 3. The number of benzene rings is 1. The van der Waals surface area contributed by atoms with Crippen molar-refractivity contribution in [1.29, 1.82) is 0 Å². The Balaban J connectivity index is 1.84. The number of anilines is 1. The van der Waals surface area contributed by atoms with Crippen LogP contribution >= 0.6 is 0 Å². The van der Waals surface area contributed by atoms with Gasteiger partial charge in [0.15, 0.2) is 6.10 Å². The zero-order chi connectivity index (χ0) is 18.4. The van der Waals surface area contributed by atoms with Crippen LogP contribution in [0.25, 0.3) is 0 Å². The number of carbonyl (C=O) groups is 3. The molecule has 4 N–H and O–H groups in total. The van der Waals surface area contributed by atoms with Crippen LogP contribution in [0.5, 0.6) is 0 Å². The summed E-state index contributed by atoms with van der Waals surface area (Å²) in [5.74, 6) is -2.20. The van der Waals surface area contributed by atoms with Gasteiger partial charge in [-0.15, -0.1) is 0 Å². The molecule has 0 aliphatic heterocycles. The second-order valence-corrected chi connectivity index (χ2v) is 6.08. The summed E-state index contributed by atoms with van der Waals surface area (Å²) in [6.45, 7) is 1.33. The van der Waals surface area contributed by atoms with Crippen molar-refractivity contribution in [1.82, 2.24) is 10.6 Å². The number of urea groups is 1. The lowest BCUT2D eigenvalue weighted by atomic mass is 9.96. The van der Waals surface area contributed by atoms with Crippen LogP contribution in [-0.4, -0.2) is 30.1 Å². The van der Waals surface area contributed by atoms with Gasteiger partial charge in [-0.3, -0.25) is 10.1 Å². The molecule has 0 aromatic heterocycles. The smallest absolute Gasteiger partial charge is 0.341 e. The average Bonchev–Trinajstić information content (AvgIpc) is 2.55. The molecule has 1 fully saturated rings. The maximum atomic E-state index is 13.0. The van der Waals surface area contributed by atoms with Gasteiger partial charge < -0.3 is 15.8 Å². The molecular weight excluding hydrogens is 329 g/mol. The van der Waals surface area contributed by atoms with Gasteiger partial charge in [0.2, 0.25) is 0 Å². The highest BCUT2D eigenvalue weighted by Crippen LogP contribution is 2.17. The second kappa shape index (κ2) is 8.46. The highest BCUT2D eigenvalue weighted by Gasteiger charge is 2.23. The SMILES string of the molecule is CC(OC(=O)c1ccc(F)cc1N)C(=O)NC(=O)NC1CCCCC1. The number of imide groups is 1. The molecule has 1 aliphatic rings. The van der Waals surface area contributed by atoms with E-state index in [1.165, 1.54) is 13.0 Å². The molecule has 0 bridgehead atoms. The Kier molecular flexibility index (Phi) is 6.32. The van der Waals surface area contributed by atoms with E-state index in [-0.39, 0.29) is 17.3 Å². The van der Waals surface area contributed by atoms with E-state index in [9.17, 15) is 18.8 Å². The molecule has 1 aliphatic carbocycles. The normalized spacial score (nSPS) is 15.9. The number of halogens is 1. The fourth-order valence-corrected chi connectivity index (χ4v) is 2.68. The van der Waals surface area contributed by atoms with Crippen LogP contribution in [0.2, 0.25) is 0 Å². The van der Waals surface area contributed by atoms with E-state index >= 15 is 0 Å². The first-order valence-electron chi connectivity index (χ1n) is 8.24. The molecule has 1 aromatic carbocycles. The highest BCUT2D eigenvalue weighted by atomic mass is 19.1. The number of rotatable bonds is 4. The van der Waals surface area contributed by atoms with Crippen LogP contribution in [0.4, 0.5) is 14.9 Å². The summed E-state index contributed by atoms with van der Waals surface area (Å²) in [4.78, 5) is 35.8. The Morgan fingerprint density at radius 2 is 1.92 bits per heavy atom. The Labute approximate surface area is 145 Å². The van der Waals surface area contributed by atoms with E-state index in [1.807, 2.05) is 0 Å². The van der Waals surface area contributed by atoms with Gasteiger partial charge in [0.05, 0.1) is 5.56 Å². The van der Waals surface area contributed by atoms with Crippen molar-refractivity contribution < 1.29 is 23.5 Å². The highest BCUT2D eigenvalue weighted by molar-refractivity contribution is 6.00. The molecule has 1 atom stereocenters. The number of hydrogen-bond acceptors (Lipinski definition) is 5. The monoisotopic (exact) mass is 351 g/mol. The van der Waals surface area contributed by atoms with Gasteiger partial charge in [0, 0.05) is 11.7 Å². The van der Waals surface area contributed by atoms with Crippen LogP contribution in [0.15, 0.2) is 18.2 Å². The fourth-order valence-electron chi connectivity index (χ4n) is 2.68. The molecule has 0 radical (unpaired) electrons. The molecule has 0 saturated heterocycles. The van der Waals surface area contributed by atoms with Crippen LogP contribution in [0.1, 0.15) is 49.4 Å². The summed E-state index contributed by atoms with van der Waals surface area (Å²) in [5.41, 5.74) is 5.41. The first-order chi connectivity index (χ1) is 11.9. The fraction of sp³-hybridized carbons (Fsp3) is 0.471. The van der Waals surface area contributed by atoms with Crippen LogP contribution in [0, 0.1) is 5.82 Å². The zero-order valence-corrected chi connectivity index (χ0v) is 14.0. The van der Waals surface area contributed by atoms with E-state index in [4.69, 9.17) is 10.5 Å². The van der Waals surface area contributed by atoms with E-state index < -0.39 is 29.8 Å². The molecule has 7 nitrogen and oxygen atoms in total. The molecular formula is C17H22FN3O4. The quantitative estimate of drug-likeness (QED) is 0.568. The summed E-state index contributed by atoms with van der Waals surface area (Å²) >= 11 is 0. The molecule has 1 saturated carbocycles. The van der Waals surface area contributed by atoms with Gasteiger partial charge in [-0.1, -0.05) is 19.3 Å². The van der Waals surface area contributed by atoms with E-state index in [0.717, 1.165) is 44.2 Å². The topological polar surface area (TPSA) is 111 Å². The Bertz CT molecular complexity index is 659. The Morgan fingerprint density at radius 1 is 1.24 bits per heavy atom. The van der Waals surface area contributed by atoms with Crippen molar-refractivity contribution in [2.24, 2.45) is 0 Å². The lowest BCUT2D eigenvalue weighted by molar-refractivity contribution is -0.127. The Morgan fingerprint density at radius 3 is 2.56 bits per heavy atom. The minimum Gasteiger partial charge on any atom is -0.449 e. The number of nitrogens with two attached hydrogens (primary N) is 1. The molecule has 8 heteroatoms. The van der Waals surface area contributed by atoms with Crippen LogP contribution in [-0.2, 0) is 9.53 Å². The van der Waals surface area contributed by atoms with E-state index in [1.54, 1.807) is 0 Å². The number of esters is 1. The molecule has 1 unspecified atom stereocenters. The van der Waals surface area contributed by atoms with Crippen molar-refractivity contribution in [3.8, 4) is 0 Å². The van der Waals surface area contributed by atoms with Crippen molar-refractivity contribution in [2.75, 3.05) is 5.73 Å². The summed E-state index contributed by atoms with van der Waals surface area (Å²) in [6, 6.07) is 2.67. The van der Waals surface area contributed by atoms with Gasteiger partial charge in [-0.2, -0.15) is 0 Å². The number of nitrogen functional groups attached to an aromatic ring is 1. The van der Waals surface area contributed by atoms with Gasteiger partial charge in [0.25, 0.3) is 5.91 Å². The summed E-state index contributed by atoms with van der Waals surface area (Å²) in [7, 11) is 0. The second-order valence-electron chi connectivity index (χ2n) is 6.08. The van der Waals surface area contributed by atoms with Crippen molar-refractivity contribution >= 4 is 23.6 Å². The van der Waals surface area contributed by atoms with E-state index in [2.05, 4.69) is 10.6 Å². The molecule has 136 valence electrons. The maximum absolute atomic E-state index is 13.0. The summed E-state index contributed by atoms with van der Waals surface area (Å²) in [6.07, 6.45) is 3.82. The third-order valence-electron chi connectivity index (χ3n) is 4.06. The minimum absolute atomic E-state index is 0.0484. The molecule has 25 heavy (non-hydrogen) atoms. The van der Waals surface area contributed by atoms with Crippen LogP contribution in [0.3, 0.4) is 0 Å². The van der Waals surface area contributed by atoms with Crippen molar-refractivity contribution in [2.45, 2.75) is 51.2 Å². The molecule has 1 aromatic rings. The first kappa shape index (κ1) is 18.7. The lowest BCUT2D eigenvalue weighted by Gasteiger charge is -2.23. The number of ether oxygens (including phenoxy) is 1. The van der Waals surface area contributed by atoms with Crippen molar-refractivity contribution in [3.63, 3.8) is 0 Å². The van der Waals surface area contributed by atoms with Gasteiger partial charge in [-0.25, -0.2) is 14.0 Å². The molecule has 3 amide bonds. The number of carbonyl (C=O) groups excluding carboxylic acids is 3. The summed E-state index contributed by atoms with van der Waals surface area (Å²) in [5, 5.41) is 4.88. The van der Waals surface area contributed by atoms with E-state index in [0.29, 0.717) is 0 Å². The predicted molar refractivity (Wildman–Crippen MR) is 89.2 cm³/mol.